The Morgan fingerprint density at radius 3 is 1.88 bits per heavy atom. The summed E-state index contributed by atoms with van der Waals surface area (Å²) in [5, 5.41) is 2.85. The summed E-state index contributed by atoms with van der Waals surface area (Å²) in [6.07, 6.45) is 1.81. The van der Waals surface area contributed by atoms with Crippen molar-refractivity contribution in [2.75, 3.05) is 6.54 Å². The van der Waals surface area contributed by atoms with Crippen molar-refractivity contribution in [3.05, 3.63) is 95.6 Å². The molecular weight excluding hydrogens is 406 g/mol. The fraction of sp³-hybridized carbons (Fsp3) is 0.192. The van der Waals surface area contributed by atoms with Crippen LogP contribution < -0.4 is 14.8 Å². The zero-order valence-corrected chi connectivity index (χ0v) is 17.9. The van der Waals surface area contributed by atoms with Crippen molar-refractivity contribution in [2.24, 2.45) is 0 Å². The van der Waals surface area contributed by atoms with Gasteiger partial charge in [0.2, 0.25) is 5.91 Å². The molecule has 0 aliphatic rings. The maximum atomic E-state index is 12.6. The molecule has 0 fully saturated rings. The van der Waals surface area contributed by atoms with Crippen LogP contribution in [0.25, 0.3) is 0 Å². The molecule has 6 nitrogen and oxygen atoms in total. The van der Waals surface area contributed by atoms with E-state index < -0.39 is 11.9 Å². The molecular formula is C26H25NO5. The lowest BCUT2D eigenvalue weighted by Gasteiger charge is -2.13. The van der Waals surface area contributed by atoms with E-state index in [1.54, 1.807) is 78.9 Å². The van der Waals surface area contributed by atoms with E-state index in [0.29, 0.717) is 30.5 Å². The summed E-state index contributed by atoms with van der Waals surface area (Å²) in [5.41, 5.74) is 1.60. The standard InChI is InChI=1S/C26H25NO5/c1-2-9-24(28)27-17-16-19-14-15-22(31-25(29)20-10-5-3-6-11-20)23(18-19)32-26(30)21-12-7-4-8-13-21/h3-8,10-15,18H,2,9,16-17H2,1H3,(H,27,28). The molecule has 3 rings (SSSR count). The maximum Gasteiger partial charge on any atom is 0.343 e. The van der Waals surface area contributed by atoms with E-state index in [2.05, 4.69) is 5.32 Å². The lowest BCUT2D eigenvalue weighted by Crippen LogP contribution is -2.25. The average Bonchev–Trinajstić information content (AvgIpc) is 2.82. The van der Waals surface area contributed by atoms with Gasteiger partial charge in [-0.15, -0.1) is 0 Å². The third kappa shape index (κ3) is 6.54. The van der Waals surface area contributed by atoms with E-state index >= 15 is 0 Å². The molecule has 0 saturated heterocycles. The third-order valence-corrected chi connectivity index (χ3v) is 4.65. The Hall–Kier alpha value is -3.93. The Morgan fingerprint density at radius 1 is 0.750 bits per heavy atom. The zero-order valence-electron chi connectivity index (χ0n) is 17.9. The molecule has 3 aromatic carbocycles. The molecule has 1 N–H and O–H groups in total. The van der Waals surface area contributed by atoms with E-state index in [4.69, 9.17) is 9.47 Å². The molecule has 3 aromatic rings. The lowest BCUT2D eigenvalue weighted by atomic mass is 10.1. The second-order valence-corrected chi connectivity index (χ2v) is 7.14. The number of carbonyl (C=O) groups excluding carboxylic acids is 3. The smallest absolute Gasteiger partial charge is 0.343 e. The summed E-state index contributed by atoms with van der Waals surface area (Å²) in [5.74, 6) is -0.836. The monoisotopic (exact) mass is 431 g/mol. The van der Waals surface area contributed by atoms with E-state index in [9.17, 15) is 14.4 Å². The van der Waals surface area contributed by atoms with Gasteiger partial charge in [0.15, 0.2) is 11.5 Å². The van der Waals surface area contributed by atoms with Crippen molar-refractivity contribution in [1.29, 1.82) is 0 Å². The number of rotatable bonds is 9. The minimum absolute atomic E-state index is 0.00311. The van der Waals surface area contributed by atoms with Crippen molar-refractivity contribution >= 4 is 17.8 Å². The van der Waals surface area contributed by atoms with Gasteiger partial charge in [-0.25, -0.2) is 9.59 Å². The number of hydrogen-bond acceptors (Lipinski definition) is 5. The first-order chi connectivity index (χ1) is 15.6. The predicted octanol–water partition coefficient (Wildman–Crippen LogP) is 4.58. The number of carbonyl (C=O) groups is 3. The quantitative estimate of drug-likeness (QED) is 0.396. The summed E-state index contributed by atoms with van der Waals surface area (Å²) in [4.78, 5) is 36.8. The van der Waals surface area contributed by atoms with Crippen LogP contribution in [0.3, 0.4) is 0 Å². The van der Waals surface area contributed by atoms with Crippen LogP contribution in [0.15, 0.2) is 78.9 Å². The highest BCUT2D eigenvalue weighted by molar-refractivity contribution is 5.93. The summed E-state index contributed by atoms with van der Waals surface area (Å²) < 4.78 is 11.1. The van der Waals surface area contributed by atoms with Crippen LogP contribution in [0.2, 0.25) is 0 Å². The second-order valence-electron chi connectivity index (χ2n) is 7.14. The van der Waals surface area contributed by atoms with Gasteiger partial charge in [-0.05, 0) is 54.8 Å². The van der Waals surface area contributed by atoms with Gasteiger partial charge in [-0.2, -0.15) is 0 Å². The summed E-state index contributed by atoms with van der Waals surface area (Å²) >= 11 is 0. The molecule has 0 bridgehead atoms. The van der Waals surface area contributed by atoms with Gasteiger partial charge in [-0.3, -0.25) is 4.79 Å². The zero-order chi connectivity index (χ0) is 22.8. The van der Waals surface area contributed by atoms with Gasteiger partial charge < -0.3 is 14.8 Å². The summed E-state index contributed by atoms with van der Waals surface area (Å²) in [6.45, 7) is 2.40. The second kappa shape index (κ2) is 11.5. The third-order valence-electron chi connectivity index (χ3n) is 4.65. The largest absolute Gasteiger partial charge is 0.419 e. The van der Waals surface area contributed by atoms with E-state index in [-0.39, 0.29) is 17.4 Å². The Balaban J connectivity index is 1.78. The molecule has 0 saturated carbocycles. The van der Waals surface area contributed by atoms with E-state index in [1.165, 1.54) is 0 Å². The molecule has 164 valence electrons. The van der Waals surface area contributed by atoms with Gasteiger partial charge in [0.25, 0.3) is 0 Å². The highest BCUT2D eigenvalue weighted by Crippen LogP contribution is 2.30. The van der Waals surface area contributed by atoms with Crippen LogP contribution in [0.5, 0.6) is 11.5 Å². The first kappa shape index (κ1) is 22.7. The molecule has 0 unspecified atom stereocenters. The van der Waals surface area contributed by atoms with Crippen LogP contribution in [0.1, 0.15) is 46.0 Å². The molecule has 0 aliphatic carbocycles. The van der Waals surface area contributed by atoms with Crippen LogP contribution >= 0.6 is 0 Å². The number of hydrogen-bond donors (Lipinski definition) is 1. The number of ether oxygens (including phenoxy) is 2. The Labute approximate surface area is 187 Å². The normalized spacial score (nSPS) is 10.3. The minimum atomic E-state index is -0.559. The Kier molecular flexibility index (Phi) is 8.15. The SMILES string of the molecule is CCCC(=O)NCCc1ccc(OC(=O)c2ccccc2)c(OC(=O)c2ccccc2)c1. The van der Waals surface area contributed by atoms with Gasteiger partial charge in [0.05, 0.1) is 11.1 Å². The fourth-order valence-electron chi connectivity index (χ4n) is 3.00. The highest BCUT2D eigenvalue weighted by Gasteiger charge is 2.17. The van der Waals surface area contributed by atoms with Crippen molar-refractivity contribution < 1.29 is 23.9 Å². The van der Waals surface area contributed by atoms with Crippen molar-refractivity contribution in [1.82, 2.24) is 5.32 Å². The van der Waals surface area contributed by atoms with Crippen LogP contribution in [-0.2, 0) is 11.2 Å². The molecule has 32 heavy (non-hydrogen) atoms. The highest BCUT2D eigenvalue weighted by atomic mass is 16.6. The first-order valence-corrected chi connectivity index (χ1v) is 10.5. The minimum Gasteiger partial charge on any atom is -0.419 e. The summed E-state index contributed by atoms with van der Waals surface area (Å²) in [6, 6.07) is 22.2. The molecule has 0 aromatic heterocycles. The molecule has 6 heteroatoms. The number of benzene rings is 3. The molecule has 0 radical (unpaired) electrons. The molecule has 0 aliphatic heterocycles. The Morgan fingerprint density at radius 2 is 1.31 bits per heavy atom. The van der Waals surface area contributed by atoms with Gasteiger partial charge >= 0.3 is 11.9 Å². The van der Waals surface area contributed by atoms with E-state index in [1.807, 2.05) is 6.92 Å². The van der Waals surface area contributed by atoms with E-state index in [0.717, 1.165) is 12.0 Å². The molecule has 0 spiro atoms. The lowest BCUT2D eigenvalue weighted by molar-refractivity contribution is -0.121. The van der Waals surface area contributed by atoms with Crippen LogP contribution in [0, 0.1) is 0 Å². The van der Waals surface area contributed by atoms with Crippen LogP contribution in [-0.4, -0.2) is 24.4 Å². The van der Waals surface area contributed by atoms with Gasteiger partial charge in [0.1, 0.15) is 0 Å². The number of nitrogens with one attached hydrogen (secondary N) is 1. The van der Waals surface area contributed by atoms with Crippen molar-refractivity contribution in [2.45, 2.75) is 26.2 Å². The average molecular weight is 431 g/mol. The van der Waals surface area contributed by atoms with Crippen LogP contribution in [0.4, 0.5) is 0 Å². The number of amides is 1. The topological polar surface area (TPSA) is 81.7 Å². The molecule has 1 amide bonds. The van der Waals surface area contributed by atoms with Gasteiger partial charge in [0, 0.05) is 13.0 Å². The maximum absolute atomic E-state index is 12.6. The molecule has 0 heterocycles. The Bertz CT molecular complexity index is 1060. The predicted molar refractivity (Wildman–Crippen MR) is 121 cm³/mol. The summed E-state index contributed by atoms with van der Waals surface area (Å²) in [7, 11) is 0. The van der Waals surface area contributed by atoms with Crippen molar-refractivity contribution in [3.63, 3.8) is 0 Å². The van der Waals surface area contributed by atoms with Crippen molar-refractivity contribution in [3.8, 4) is 11.5 Å². The number of esters is 2. The van der Waals surface area contributed by atoms with Gasteiger partial charge in [-0.1, -0.05) is 49.4 Å². The fourth-order valence-corrected chi connectivity index (χ4v) is 3.00. The first-order valence-electron chi connectivity index (χ1n) is 10.5. The molecule has 0 atom stereocenters.